The molecule has 1 heterocycles. The molecule has 3 rings (SSSR count). The minimum absolute atomic E-state index is 0.00810. The number of ketones is 1. The summed E-state index contributed by atoms with van der Waals surface area (Å²) in [6.45, 7) is 0.691. The zero-order valence-electron chi connectivity index (χ0n) is 13.0. The number of carbonyl (C=O) groups is 3. The third-order valence-corrected chi connectivity index (χ3v) is 4.92. The van der Waals surface area contributed by atoms with Gasteiger partial charge in [0.25, 0.3) is 5.91 Å². The van der Waals surface area contributed by atoms with Gasteiger partial charge in [0.05, 0.1) is 5.71 Å². The van der Waals surface area contributed by atoms with Crippen LogP contribution >= 0.6 is 0 Å². The van der Waals surface area contributed by atoms with E-state index in [1.54, 1.807) is 18.0 Å². The van der Waals surface area contributed by atoms with E-state index in [1.807, 2.05) is 0 Å². The van der Waals surface area contributed by atoms with Crippen molar-refractivity contribution in [1.82, 2.24) is 4.90 Å². The minimum atomic E-state index is -0.910. The number of rotatable bonds is 3. The summed E-state index contributed by atoms with van der Waals surface area (Å²) in [7, 11) is 1.74. The van der Waals surface area contributed by atoms with Crippen LogP contribution in [0.15, 0.2) is 16.6 Å². The van der Waals surface area contributed by atoms with Crippen LogP contribution in [0.1, 0.15) is 44.9 Å². The van der Waals surface area contributed by atoms with Crippen molar-refractivity contribution in [2.24, 2.45) is 16.8 Å². The van der Waals surface area contributed by atoms with E-state index in [0.717, 1.165) is 19.3 Å². The number of hydrogen-bond donors (Lipinski definition) is 0. The summed E-state index contributed by atoms with van der Waals surface area (Å²) in [5.41, 5.74) is 1.07. The third kappa shape index (κ3) is 2.89. The van der Waals surface area contributed by atoms with Crippen molar-refractivity contribution in [3.63, 3.8) is 0 Å². The molecule has 1 aliphatic heterocycles. The van der Waals surface area contributed by atoms with Gasteiger partial charge in [-0.3, -0.25) is 14.4 Å². The second kappa shape index (κ2) is 6.15. The Morgan fingerprint density at radius 2 is 1.95 bits per heavy atom. The highest BCUT2D eigenvalue weighted by molar-refractivity contribution is 6.28. The molecule has 0 aromatic rings. The number of hydrogen-bond acceptors (Lipinski definition) is 3. The molecule has 5 heteroatoms. The van der Waals surface area contributed by atoms with E-state index < -0.39 is 11.8 Å². The van der Waals surface area contributed by atoms with Crippen LogP contribution in [0.2, 0.25) is 0 Å². The predicted molar refractivity (Wildman–Crippen MR) is 82.5 cm³/mol. The molecular weight excluding hydrogens is 280 g/mol. The first-order valence-electron chi connectivity index (χ1n) is 8.18. The van der Waals surface area contributed by atoms with Crippen molar-refractivity contribution in [1.29, 1.82) is 0 Å². The molecule has 2 amide bonds. The number of allylic oxidation sites excluding steroid dienone is 1. The lowest BCUT2D eigenvalue weighted by Gasteiger charge is -2.27. The Labute approximate surface area is 130 Å². The lowest BCUT2D eigenvalue weighted by atomic mass is 9.86. The van der Waals surface area contributed by atoms with E-state index in [9.17, 15) is 14.4 Å². The summed E-state index contributed by atoms with van der Waals surface area (Å²) < 4.78 is 0. The summed E-state index contributed by atoms with van der Waals surface area (Å²) in [4.78, 5) is 42.3. The highest BCUT2D eigenvalue weighted by atomic mass is 16.2. The smallest absolute Gasteiger partial charge is 0.262 e. The number of dihydropyridines is 1. The maximum Gasteiger partial charge on any atom is 0.262 e. The minimum Gasteiger partial charge on any atom is -0.345 e. The fourth-order valence-electron chi connectivity index (χ4n) is 3.68. The van der Waals surface area contributed by atoms with E-state index in [2.05, 4.69) is 4.99 Å². The van der Waals surface area contributed by atoms with Crippen LogP contribution in [0.4, 0.5) is 0 Å². The lowest BCUT2D eigenvalue weighted by molar-refractivity contribution is -0.138. The van der Waals surface area contributed by atoms with Gasteiger partial charge in [-0.25, -0.2) is 4.99 Å². The highest BCUT2D eigenvalue weighted by Crippen LogP contribution is 2.28. The first-order valence-corrected chi connectivity index (χ1v) is 8.18. The molecule has 0 aromatic carbocycles. The number of aliphatic imine (C=N–C) groups is 1. The van der Waals surface area contributed by atoms with Crippen molar-refractivity contribution in [3.8, 4) is 0 Å². The van der Waals surface area contributed by atoms with Crippen LogP contribution in [0, 0.1) is 11.8 Å². The second-order valence-electron chi connectivity index (χ2n) is 6.60. The Balaban J connectivity index is 1.73. The molecule has 2 saturated carbocycles. The molecule has 0 N–H and O–H groups in total. The average molecular weight is 302 g/mol. The lowest BCUT2D eigenvalue weighted by Crippen LogP contribution is -2.40. The maximum atomic E-state index is 12.6. The van der Waals surface area contributed by atoms with Gasteiger partial charge in [0.2, 0.25) is 5.91 Å². The van der Waals surface area contributed by atoms with Gasteiger partial charge in [0, 0.05) is 25.6 Å². The fraction of sp³-hybridized carbons (Fsp3) is 0.647. The maximum absolute atomic E-state index is 12.6. The largest absolute Gasteiger partial charge is 0.345 e. The number of Topliss-reactive ketones (excluding diaryl/α,β-unsaturated/α-hetero) is 1. The Morgan fingerprint density at radius 1 is 1.23 bits per heavy atom. The van der Waals surface area contributed by atoms with Gasteiger partial charge < -0.3 is 4.90 Å². The summed E-state index contributed by atoms with van der Waals surface area (Å²) in [5.74, 6) is -1.01. The van der Waals surface area contributed by atoms with Crippen LogP contribution in [0.25, 0.3) is 0 Å². The van der Waals surface area contributed by atoms with Gasteiger partial charge in [-0.15, -0.1) is 0 Å². The quantitative estimate of drug-likeness (QED) is 0.748. The molecule has 0 aromatic heterocycles. The zero-order chi connectivity index (χ0) is 15.7. The molecule has 1 unspecified atom stereocenters. The number of carbonyl (C=O) groups excluding carboxylic acids is 3. The van der Waals surface area contributed by atoms with Crippen LogP contribution in [-0.4, -0.2) is 41.8 Å². The predicted octanol–water partition coefficient (Wildman–Crippen LogP) is 1.91. The Hall–Kier alpha value is -1.78. The fourth-order valence-corrected chi connectivity index (χ4v) is 3.68. The van der Waals surface area contributed by atoms with Gasteiger partial charge in [-0.1, -0.05) is 18.9 Å². The standard InChI is InChI=1S/C17H22N2O3/c1-19(10-11-5-2-3-6-11)17(22)13-9-12-14(18-16(13)21)7-4-8-15(12)20/h9,11,13H,2-8,10H2,1H3. The van der Waals surface area contributed by atoms with Crippen LogP contribution in [-0.2, 0) is 14.4 Å². The van der Waals surface area contributed by atoms with Crippen LogP contribution in [0.5, 0.6) is 0 Å². The van der Waals surface area contributed by atoms with Crippen molar-refractivity contribution in [2.75, 3.05) is 13.6 Å². The summed E-state index contributed by atoms with van der Waals surface area (Å²) >= 11 is 0. The topological polar surface area (TPSA) is 66.8 Å². The molecule has 2 fully saturated rings. The summed E-state index contributed by atoms with van der Waals surface area (Å²) in [6.07, 6.45) is 8.18. The number of amides is 2. The Kier molecular flexibility index (Phi) is 4.23. The first-order chi connectivity index (χ1) is 10.6. The number of nitrogens with zero attached hydrogens (tertiary/aromatic N) is 2. The molecule has 2 aliphatic carbocycles. The SMILES string of the molecule is CN(CC1CCCC1)C(=O)C1C=C2C(=O)CCCC2=NC1=O. The summed E-state index contributed by atoms with van der Waals surface area (Å²) in [5, 5.41) is 0. The molecule has 0 bridgehead atoms. The Bertz CT molecular complexity index is 570. The van der Waals surface area contributed by atoms with Crippen LogP contribution < -0.4 is 0 Å². The van der Waals surface area contributed by atoms with Crippen molar-refractivity contribution < 1.29 is 14.4 Å². The molecule has 0 saturated heterocycles. The van der Waals surface area contributed by atoms with Crippen molar-refractivity contribution >= 4 is 23.3 Å². The van der Waals surface area contributed by atoms with Crippen molar-refractivity contribution in [3.05, 3.63) is 11.6 Å². The van der Waals surface area contributed by atoms with Gasteiger partial charge in [-0.2, -0.15) is 0 Å². The molecule has 1 atom stereocenters. The van der Waals surface area contributed by atoms with E-state index in [-0.39, 0.29) is 11.7 Å². The van der Waals surface area contributed by atoms with E-state index in [1.165, 1.54) is 12.8 Å². The van der Waals surface area contributed by atoms with Crippen molar-refractivity contribution in [2.45, 2.75) is 44.9 Å². The van der Waals surface area contributed by atoms with Crippen LogP contribution in [0.3, 0.4) is 0 Å². The van der Waals surface area contributed by atoms with Gasteiger partial charge >= 0.3 is 0 Å². The molecular formula is C17H22N2O3. The Morgan fingerprint density at radius 3 is 2.68 bits per heavy atom. The average Bonchev–Trinajstić information content (AvgIpc) is 2.99. The molecule has 118 valence electrons. The third-order valence-electron chi connectivity index (χ3n) is 4.92. The monoisotopic (exact) mass is 302 g/mol. The molecule has 0 spiro atoms. The molecule has 0 radical (unpaired) electrons. The molecule has 22 heavy (non-hydrogen) atoms. The van der Waals surface area contributed by atoms with Gasteiger partial charge in [0.1, 0.15) is 5.92 Å². The van der Waals surface area contributed by atoms with Gasteiger partial charge in [-0.05, 0) is 31.6 Å². The van der Waals surface area contributed by atoms with E-state index in [0.29, 0.717) is 36.6 Å². The first kappa shape index (κ1) is 15.1. The number of fused-ring (bicyclic) bond motifs is 1. The second-order valence-corrected chi connectivity index (χ2v) is 6.60. The zero-order valence-corrected chi connectivity index (χ0v) is 13.0. The van der Waals surface area contributed by atoms with Gasteiger partial charge in [0.15, 0.2) is 5.78 Å². The summed E-state index contributed by atoms with van der Waals surface area (Å²) in [6, 6.07) is 0. The van der Waals surface area contributed by atoms with E-state index >= 15 is 0 Å². The van der Waals surface area contributed by atoms with E-state index in [4.69, 9.17) is 0 Å². The highest BCUT2D eigenvalue weighted by Gasteiger charge is 2.35. The normalized spacial score (nSPS) is 25.6. The molecule has 5 nitrogen and oxygen atoms in total. The molecule has 3 aliphatic rings.